The highest BCUT2D eigenvalue weighted by Gasteiger charge is 2.63. The molecule has 1 atom stereocenters. The lowest BCUT2D eigenvalue weighted by Gasteiger charge is -2.30. The van der Waals surface area contributed by atoms with Crippen LogP contribution in [0.1, 0.15) is 24.0 Å². The Morgan fingerprint density at radius 1 is 1.26 bits per heavy atom. The number of rotatable bonds is 2. The Bertz CT molecular complexity index is 627. The lowest BCUT2D eigenvalue weighted by molar-refractivity contribution is -0.274. The molecule has 0 amide bonds. The van der Waals surface area contributed by atoms with E-state index in [2.05, 4.69) is 4.98 Å². The second-order valence-electron chi connectivity index (χ2n) is 5.29. The molecule has 19 heavy (non-hydrogen) atoms. The maximum Gasteiger partial charge on any atom is 0.421 e. The molecule has 2 nitrogen and oxygen atoms in total. The Morgan fingerprint density at radius 2 is 1.95 bits per heavy atom. The van der Waals surface area contributed by atoms with Crippen LogP contribution in [0.3, 0.4) is 0 Å². The average molecular weight is 269 g/mol. The van der Waals surface area contributed by atoms with E-state index in [0.717, 1.165) is 5.56 Å². The molecule has 1 heterocycles. The SMILES string of the molecule is Cc1ccc2c(C(O)(C3CC3)C(F)(F)F)c[nH]c2c1. The summed E-state index contributed by atoms with van der Waals surface area (Å²) >= 11 is 0. The number of halogens is 3. The molecule has 1 aliphatic carbocycles. The van der Waals surface area contributed by atoms with Crippen LogP contribution in [0, 0.1) is 12.8 Å². The van der Waals surface area contributed by atoms with Gasteiger partial charge in [-0.25, -0.2) is 0 Å². The Balaban J connectivity index is 2.21. The minimum absolute atomic E-state index is 0.0579. The number of hydrogen-bond acceptors (Lipinski definition) is 1. The van der Waals surface area contributed by atoms with Gasteiger partial charge in [0, 0.05) is 28.6 Å². The molecule has 1 aliphatic rings. The number of hydrogen-bond donors (Lipinski definition) is 2. The molecule has 1 aromatic heterocycles. The molecule has 102 valence electrons. The Morgan fingerprint density at radius 3 is 2.53 bits per heavy atom. The van der Waals surface area contributed by atoms with E-state index in [1.165, 1.54) is 6.20 Å². The highest BCUT2D eigenvalue weighted by Crippen LogP contribution is 2.55. The van der Waals surface area contributed by atoms with Crippen LogP contribution < -0.4 is 0 Å². The summed E-state index contributed by atoms with van der Waals surface area (Å²) in [5.74, 6) is -0.729. The van der Waals surface area contributed by atoms with Gasteiger partial charge in [0.1, 0.15) is 0 Å². The van der Waals surface area contributed by atoms with Crippen molar-refractivity contribution in [2.45, 2.75) is 31.5 Å². The van der Waals surface area contributed by atoms with Gasteiger partial charge in [0.25, 0.3) is 0 Å². The van der Waals surface area contributed by atoms with Gasteiger partial charge in [-0.3, -0.25) is 0 Å². The van der Waals surface area contributed by atoms with Crippen molar-refractivity contribution in [1.29, 1.82) is 0 Å². The van der Waals surface area contributed by atoms with Crippen molar-refractivity contribution < 1.29 is 18.3 Å². The molecule has 0 spiro atoms. The third-order valence-corrected chi connectivity index (χ3v) is 3.85. The summed E-state index contributed by atoms with van der Waals surface area (Å²) in [5.41, 5.74) is -1.21. The van der Waals surface area contributed by atoms with Crippen LogP contribution in [0.15, 0.2) is 24.4 Å². The number of alkyl halides is 3. The van der Waals surface area contributed by atoms with Crippen molar-refractivity contribution in [3.63, 3.8) is 0 Å². The van der Waals surface area contributed by atoms with Gasteiger partial charge >= 0.3 is 6.18 Å². The van der Waals surface area contributed by atoms with Crippen LogP contribution in [0.2, 0.25) is 0 Å². The lowest BCUT2D eigenvalue weighted by atomic mass is 9.87. The van der Waals surface area contributed by atoms with Crippen molar-refractivity contribution >= 4 is 10.9 Å². The van der Waals surface area contributed by atoms with Crippen molar-refractivity contribution in [3.05, 3.63) is 35.5 Å². The van der Waals surface area contributed by atoms with Gasteiger partial charge in [0.05, 0.1) is 0 Å². The second-order valence-corrected chi connectivity index (χ2v) is 5.29. The fourth-order valence-electron chi connectivity index (χ4n) is 2.66. The van der Waals surface area contributed by atoms with E-state index < -0.39 is 17.7 Å². The van der Waals surface area contributed by atoms with E-state index in [1.807, 2.05) is 6.92 Å². The fraction of sp³-hybridized carbons (Fsp3) is 0.429. The molecular weight excluding hydrogens is 255 g/mol. The van der Waals surface area contributed by atoms with E-state index in [-0.39, 0.29) is 5.56 Å². The highest BCUT2D eigenvalue weighted by atomic mass is 19.4. The Labute approximate surface area is 108 Å². The topological polar surface area (TPSA) is 36.0 Å². The standard InChI is InChI=1S/C14H14F3NO/c1-8-2-5-10-11(7-18-12(10)6-8)13(19,9-3-4-9)14(15,16)17/h2,5-7,9,18-19H,3-4H2,1H3. The summed E-state index contributed by atoms with van der Waals surface area (Å²) in [6.45, 7) is 1.87. The first-order valence-corrected chi connectivity index (χ1v) is 6.21. The molecular formula is C14H14F3NO. The summed E-state index contributed by atoms with van der Waals surface area (Å²) in [5, 5.41) is 10.7. The smallest absolute Gasteiger partial charge is 0.376 e. The molecule has 0 radical (unpaired) electrons. The van der Waals surface area contributed by atoms with Crippen molar-refractivity contribution in [1.82, 2.24) is 4.98 Å². The Hall–Kier alpha value is -1.49. The largest absolute Gasteiger partial charge is 0.421 e. The summed E-state index contributed by atoms with van der Waals surface area (Å²) in [6, 6.07) is 5.17. The normalized spacial score (nSPS) is 19.6. The number of aromatic amines is 1. The first-order chi connectivity index (χ1) is 8.84. The van der Waals surface area contributed by atoms with Crippen LogP contribution in [0.25, 0.3) is 10.9 Å². The number of nitrogens with one attached hydrogen (secondary N) is 1. The molecule has 1 unspecified atom stereocenters. The molecule has 1 saturated carbocycles. The molecule has 1 fully saturated rings. The summed E-state index contributed by atoms with van der Waals surface area (Å²) < 4.78 is 39.9. The van der Waals surface area contributed by atoms with Crippen molar-refractivity contribution in [2.24, 2.45) is 5.92 Å². The van der Waals surface area contributed by atoms with Gasteiger partial charge in [-0.05, 0) is 31.4 Å². The van der Waals surface area contributed by atoms with Crippen LogP contribution in [0.4, 0.5) is 13.2 Å². The molecule has 5 heteroatoms. The van der Waals surface area contributed by atoms with Gasteiger partial charge in [0.2, 0.25) is 0 Å². The average Bonchev–Trinajstić information content (AvgIpc) is 3.08. The van der Waals surface area contributed by atoms with Gasteiger partial charge in [0.15, 0.2) is 5.60 Å². The molecule has 0 saturated heterocycles. The number of H-pyrrole nitrogens is 1. The maximum absolute atomic E-state index is 13.3. The van der Waals surface area contributed by atoms with Crippen molar-refractivity contribution in [3.8, 4) is 0 Å². The molecule has 0 aliphatic heterocycles. The summed E-state index contributed by atoms with van der Waals surface area (Å²) in [7, 11) is 0. The zero-order valence-corrected chi connectivity index (χ0v) is 10.4. The maximum atomic E-state index is 13.3. The number of aliphatic hydroxyl groups is 1. The third-order valence-electron chi connectivity index (χ3n) is 3.85. The monoisotopic (exact) mass is 269 g/mol. The molecule has 0 bridgehead atoms. The predicted octanol–water partition coefficient (Wildman–Crippen LogP) is 3.64. The van der Waals surface area contributed by atoms with E-state index in [1.54, 1.807) is 18.2 Å². The first-order valence-electron chi connectivity index (χ1n) is 6.21. The van der Waals surface area contributed by atoms with E-state index in [9.17, 15) is 18.3 Å². The van der Waals surface area contributed by atoms with E-state index in [4.69, 9.17) is 0 Å². The number of aryl methyl sites for hydroxylation is 1. The highest BCUT2D eigenvalue weighted by molar-refractivity contribution is 5.85. The molecule has 3 rings (SSSR count). The zero-order valence-electron chi connectivity index (χ0n) is 10.4. The van der Waals surface area contributed by atoms with Crippen LogP contribution in [0.5, 0.6) is 0 Å². The molecule has 1 aromatic carbocycles. The van der Waals surface area contributed by atoms with E-state index >= 15 is 0 Å². The van der Waals surface area contributed by atoms with Crippen LogP contribution >= 0.6 is 0 Å². The first kappa shape index (κ1) is 12.5. The predicted molar refractivity (Wildman–Crippen MR) is 65.7 cm³/mol. The quantitative estimate of drug-likeness (QED) is 0.858. The van der Waals surface area contributed by atoms with Crippen LogP contribution in [-0.2, 0) is 5.60 Å². The van der Waals surface area contributed by atoms with E-state index in [0.29, 0.717) is 23.7 Å². The second kappa shape index (κ2) is 3.76. The number of aromatic nitrogens is 1. The Kier molecular flexibility index (Phi) is 2.48. The van der Waals surface area contributed by atoms with Gasteiger partial charge in [-0.2, -0.15) is 13.2 Å². The minimum Gasteiger partial charge on any atom is -0.376 e. The van der Waals surface area contributed by atoms with Gasteiger partial charge in [-0.1, -0.05) is 12.1 Å². The van der Waals surface area contributed by atoms with Crippen LogP contribution in [-0.4, -0.2) is 16.3 Å². The lowest BCUT2D eigenvalue weighted by Crippen LogP contribution is -2.44. The summed E-state index contributed by atoms with van der Waals surface area (Å²) in [4.78, 5) is 2.83. The number of fused-ring (bicyclic) bond motifs is 1. The summed E-state index contributed by atoms with van der Waals surface area (Å²) in [6.07, 6.45) is -2.55. The van der Waals surface area contributed by atoms with Crippen molar-refractivity contribution in [2.75, 3.05) is 0 Å². The zero-order chi connectivity index (χ0) is 13.8. The molecule has 2 aromatic rings. The minimum atomic E-state index is -4.66. The van der Waals surface area contributed by atoms with Gasteiger partial charge < -0.3 is 10.1 Å². The van der Waals surface area contributed by atoms with Gasteiger partial charge in [-0.15, -0.1) is 0 Å². The number of benzene rings is 1. The third kappa shape index (κ3) is 1.75. The fourth-order valence-corrected chi connectivity index (χ4v) is 2.66. The molecule has 2 N–H and O–H groups in total.